The van der Waals surface area contributed by atoms with Crippen LogP contribution in [-0.2, 0) is 0 Å². The van der Waals surface area contributed by atoms with Crippen molar-refractivity contribution in [1.82, 2.24) is 9.88 Å². The highest BCUT2D eigenvalue weighted by atomic mass is 32.1. The fourth-order valence-corrected chi connectivity index (χ4v) is 3.58. The smallest absolute Gasteiger partial charge is 0.112 e. The lowest BCUT2D eigenvalue weighted by Crippen LogP contribution is -2.53. The number of rotatable bonds is 1. The summed E-state index contributed by atoms with van der Waals surface area (Å²) >= 11 is 1.75. The van der Waals surface area contributed by atoms with Crippen molar-refractivity contribution in [2.45, 2.75) is 58.2 Å². The Morgan fingerprint density at radius 2 is 2.18 bits per heavy atom. The van der Waals surface area contributed by atoms with Gasteiger partial charge in [-0.15, -0.1) is 11.3 Å². The van der Waals surface area contributed by atoms with Crippen molar-refractivity contribution in [2.75, 3.05) is 6.54 Å². The Balaban J connectivity index is 2.31. The highest BCUT2D eigenvalue weighted by molar-refractivity contribution is 7.09. The standard InChI is InChI=1S/C13H23N3S/c1-9-8-17-12(15-9)11-10(14)6-5-7-16(11)13(2,3)4/h8,10-11H,5-7,14H2,1-4H3. The Kier molecular flexibility index (Phi) is 3.57. The first-order valence-electron chi connectivity index (χ1n) is 6.34. The van der Waals surface area contributed by atoms with E-state index in [1.54, 1.807) is 11.3 Å². The average Bonchev–Trinajstić information content (AvgIpc) is 2.63. The molecule has 1 aromatic heterocycles. The molecule has 1 aliphatic heterocycles. The lowest BCUT2D eigenvalue weighted by Gasteiger charge is -2.46. The van der Waals surface area contributed by atoms with Crippen LogP contribution >= 0.6 is 11.3 Å². The van der Waals surface area contributed by atoms with E-state index in [9.17, 15) is 0 Å². The number of piperidine rings is 1. The Bertz CT molecular complexity index is 380. The molecule has 0 aromatic carbocycles. The van der Waals surface area contributed by atoms with Crippen molar-refractivity contribution in [3.05, 3.63) is 16.1 Å². The molecule has 0 spiro atoms. The second-order valence-corrected chi connectivity index (χ2v) is 6.83. The maximum atomic E-state index is 6.33. The van der Waals surface area contributed by atoms with Crippen LogP contribution in [0.25, 0.3) is 0 Å². The molecule has 2 unspecified atom stereocenters. The van der Waals surface area contributed by atoms with Crippen LogP contribution in [0.15, 0.2) is 5.38 Å². The maximum Gasteiger partial charge on any atom is 0.112 e. The lowest BCUT2D eigenvalue weighted by atomic mass is 9.91. The van der Waals surface area contributed by atoms with E-state index in [-0.39, 0.29) is 11.6 Å². The van der Waals surface area contributed by atoms with Gasteiger partial charge in [0.2, 0.25) is 0 Å². The second-order valence-electron chi connectivity index (χ2n) is 5.94. The molecule has 2 heterocycles. The molecule has 96 valence electrons. The molecule has 0 radical (unpaired) electrons. The maximum absolute atomic E-state index is 6.33. The number of aryl methyl sites for hydroxylation is 1. The summed E-state index contributed by atoms with van der Waals surface area (Å²) < 4.78 is 0. The van der Waals surface area contributed by atoms with E-state index < -0.39 is 0 Å². The molecule has 1 aromatic rings. The minimum absolute atomic E-state index is 0.155. The first kappa shape index (κ1) is 13.0. The molecule has 0 aliphatic carbocycles. The monoisotopic (exact) mass is 253 g/mol. The van der Waals surface area contributed by atoms with Gasteiger partial charge in [0.25, 0.3) is 0 Å². The van der Waals surface area contributed by atoms with Crippen molar-refractivity contribution in [1.29, 1.82) is 0 Å². The average molecular weight is 253 g/mol. The zero-order valence-corrected chi connectivity index (χ0v) is 12.0. The highest BCUT2D eigenvalue weighted by Crippen LogP contribution is 2.36. The molecule has 4 heteroatoms. The van der Waals surface area contributed by atoms with Crippen LogP contribution in [0.2, 0.25) is 0 Å². The molecule has 1 fully saturated rings. The SMILES string of the molecule is Cc1csc(C2C(N)CCCN2C(C)(C)C)n1. The number of thiazole rings is 1. The van der Waals surface area contributed by atoms with Gasteiger partial charge in [0, 0.05) is 22.7 Å². The number of nitrogens with zero attached hydrogens (tertiary/aromatic N) is 2. The van der Waals surface area contributed by atoms with Crippen LogP contribution in [0.1, 0.15) is 50.4 Å². The predicted octanol–water partition coefficient (Wildman–Crippen LogP) is 2.71. The molecular formula is C13H23N3S. The number of aromatic nitrogens is 1. The minimum Gasteiger partial charge on any atom is -0.326 e. The third-order valence-electron chi connectivity index (χ3n) is 3.43. The third kappa shape index (κ3) is 2.69. The number of likely N-dealkylation sites (tertiary alicyclic amines) is 1. The van der Waals surface area contributed by atoms with Crippen LogP contribution in [0.4, 0.5) is 0 Å². The summed E-state index contributed by atoms with van der Waals surface area (Å²) in [5.74, 6) is 0. The Morgan fingerprint density at radius 3 is 2.71 bits per heavy atom. The van der Waals surface area contributed by atoms with E-state index in [1.165, 1.54) is 11.4 Å². The molecule has 1 saturated heterocycles. The largest absolute Gasteiger partial charge is 0.326 e. The van der Waals surface area contributed by atoms with E-state index >= 15 is 0 Å². The summed E-state index contributed by atoms with van der Waals surface area (Å²) in [5, 5.41) is 3.31. The van der Waals surface area contributed by atoms with Gasteiger partial charge in [0.1, 0.15) is 5.01 Å². The van der Waals surface area contributed by atoms with Gasteiger partial charge in [-0.25, -0.2) is 4.98 Å². The summed E-state index contributed by atoms with van der Waals surface area (Å²) in [6.07, 6.45) is 2.30. The summed E-state index contributed by atoms with van der Waals surface area (Å²) in [5.41, 5.74) is 7.60. The molecule has 2 atom stereocenters. The molecule has 0 saturated carbocycles. The first-order chi connectivity index (χ1) is 7.89. The Labute approximate surface area is 108 Å². The molecule has 0 bridgehead atoms. The van der Waals surface area contributed by atoms with Crippen molar-refractivity contribution < 1.29 is 0 Å². The van der Waals surface area contributed by atoms with Crippen molar-refractivity contribution in [3.63, 3.8) is 0 Å². The van der Waals surface area contributed by atoms with E-state index in [2.05, 4.69) is 43.0 Å². The van der Waals surface area contributed by atoms with Crippen LogP contribution < -0.4 is 5.73 Å². The molecule has 2 N–H and O–H groups in total. The number of hydrogen-bond acceptors (Lipinski definition) is 4. The fourth-order valence-electron chi connectivity index (χ4n) is 2.60. The van der Waals surface area contributed by atoms with Gasteiger partial charge in [0.15, 0.2) is 0 Å². The van der Waals surface area contributed by atoms with Gasteiger partial charge >= 0.3 is 0 Å². The second kappa shape index (κ2) is 4.67. The van der Waals surface area contributed by atoms with E-state index in [0.29, 0.717) is 6.04 Å². The molecule has 1 aliphatic rings. The normalized spacial score (nSPS) is 27.4. The van der Waals surface area contributed by atoms with E-state index in [4.69, 9.17) is 5.73 Å². The summed E-state index contributed by atoms with van der Waals surface area (Å²) in [6.45, 7) is 9.96. The van der Waals surface area contributed by atoms with Crippen molar-refractivity contribution in [2.24, 2.45) is 5.73 Å². The van der Waals surface area contributed by atoms with Gasteiger partial charge in [-0.2, -0.15) is 0 Å². The van der Waals surface area contributed by atoms with Gasteiger partial charge in [-0.3, -0.25) is 4.90 Å². The van der Waals surface area contributed by atoms with E-state index in [0.717, 1.165) is 18.7 Å². The topological polar surface area (TPSA) is 42.1 Å². The van der Waals surface area contributed by atoms with Crippen molar-refractivity contribution in [3.8, 4) is 0 Å². The third-order valence-corrected chi connectivity index (χ3v) is 4.46. The molecule has 3 nitrogen and oxygen atoms in total. The number of hydrogen-bond donors (Lipinski definition) is 1. The van der Waals surface area contributed by atoms with Crippen LogP contribution in [0, 0.1) is 6.92 Å². The fraction of sp³-hybridized carbons (Fsp3) is 0.769. The van der Waals surface area contributed by atoms with Gasteiger partial charge < -0.3 is 5.73 Å². The summed E-state index contributed by atoms with van der Waals surface area (Å²) in [4.78, 5) is 7.16. The lowest BCUT2D eigenvalue weighted by molar-refractivity contribution is 0.0383. The Morgan fingerprint density at radius 1 is 1.47 bits per heavy atom. The van der Waals surface area contributed by atoms with Gasteiger partial charge in [-0.05, 0) is 47.1 Å². The predicted molar refractivity (Wildman–Crippen MR) is 73.3 cm³/mol. The zero-order valence-electron chi connectivity index (χ0n) is 11.2. The van der Waals surface area contributed by atoms with Gasteiger partial charge in [0.05, 0.1) is 6.04 Å². The first-order valence-corrected chi connectivity index (χ1v) is 7.22. The van der Waals surface area contributed by atoms with E-state index in [1.807, 2.05) is 0 Å². The molecular weight excluding hydrogens is 230 g/mol. The molecule has 2 rings (SSSR count). The molecule has 17 heavy (non-hydrogen) atoms. The van der Waals surface area contributed by atoms with Crippen LogP contribution in [0.3, 0.4) is 0 Å². The summed E-state index contributed by atoms with van der Waals surface area (Å²) in [7, 11) is 0. The highest BCUT2D eigenvalue weighted by Gasteiger charge is 2.37. The van der Waals surface area contributed by atoms with Crippen LogP contribution in [-0.4, -0.2) is 28.0 Å². The quantitative estimate of drug-likeness (QED) is 0.837. The molecule has 0 amide bonds. The summed E-state index contributed by atoms with van der Waals surface area (Å²) in [6, 6.07) is 0.510. The Hall–Kier alpha value is -0.450. The van der Waals surface area contributed by atoms with Gasteiger partial charge in [-0.1, -0.05) is 0 Å². The minimum atomic E-state index is 0.155. The number of nitrogens with two attached hydrogens (primary N) is 1. The zero-order chi connectivity index (χ0) is 12.6. The van der Waals surface area contributed by atoms with Crippen molar-refractivity contribution >= 4 is 11.3 Å². The van der Waals surface area contributed by atoms with Crippen LogP contribution in [0.5, 0.6) is 0 Å².